The highest BCUT2D eigenvalue weighted by molar-refractivity contribution is 6.21. The molecule has 0 bridgehead atoms. The van der Waals surface area contributed by atoms with Crippen LogP contribution in [0, 0.1) is 11.8 Å². The van der Waals surface area contributed by atoms with Crippen LogP contribution in [0.2, 0.25) is 0 Å². The Balaban J connectivity index is 1.87. The Kier molecular flexibility index (Phi) is 9.91. The lowest BCUT2D eigenvalue weighted by Crippen LogP contribution is -2.50. The molecule has 1 fully saturated rings. The van der Waals surface area contributed by atoms with Gasteiger partial charge < -0.3 is 20.8 Å². The molecule has 4 N–H and O–H groups in total. The number of carboxylic acid groups (broad SMARTS) is 1. The number of unbranched alkanes of at least 4 members (excludes halogenated alkanes) is 2. The fourth-order valence-corrected chi connectivity index (χ4v) is 4.43. The lowest BCUT2D eigenvalue weighted by atomic mass is 9.77. The number of hydrogen-bond donors (Lipinski definition) is 4. The molecule has 2 rings (SSSR count). The number of hydrogen-bond acceptors (Lipinski definition) is 4. The lowest BCUT2D eigenvalue weighted by molar-refractivity contribution is -0.143. The summed E-state index contributed by atoms with van der Waals surface area (Å²) in [5, 5.41) is 25.6. The maximum absolute atomic E-state index is 12.7. The van der Waals surface area contributed by atoms with Crippen molar-refractivity contribution in [1.29, 1.82) is 0 Å². The summed E-state index contributed by atoms with van der Waals surface area (Å²) in [5.41, 5.74) is 0.831. The van der Waals surface area contributed by atoms with Crippen molar-refractivity contribution >= 4 is 23.5 Å². The van der Waals surface area contributed by atoms with Crippen LogP contribution in [0.5, 0.6) is 0 Å². The molecule has 5 atom stereocenters. The highest BCUT2D eigenvalue weighted by Crippen LogP contribution is 2.36. The Morgan fingerprint density at radius 3 is 2.55 bits per heavy atom. The highest BCUT2D eigenvalue weighted by atomic mass is 35.5. The van der Waals surface area contributed by atoms with Gasteiger partial charge in [0.2, 0.25) is 5.91 Å². The molecule has 0 heterocycles. The molecule has 1 aliphatic carbocycles. The van der Waals surface area contributed by atoms with Crippen molar-refractivity contribution in [2.45, 2.75) is 62.5 Å². The van der Waals surface area contributed by atoms with E-state index in [9.17, 15) is 19.8 Å². The molecule has 1 saturated carbocycles. The largest absolute Gasteiger partial charge is 0.480 e. The molecule has 0 saturated heterocycles. The van der Waals surface area contributed by atoms with Crippen LogP contribution in [0.4, 0.5) is 0 Å². The molecule has 0 spiro atoms. The third kappa shape index (κ3) is 7.61. The number of carboxylic acids is 1. The van der Waals surface area contributed by atoms with E-state index >= 15 is 0 Å². The summed E-state index contributed by atoms with van der Waals surface area (Å²) in [4.78, 5) is 24.3. The highest BCUT2D eigenvalue weighted by Gasteiger charge is 2.39. The van der Waals surface area contributed by atoms with Gasteiger partial charge in [-0.15, -0.1) is 11.6 Å². The fraction of sp³-hybridized carbons (Fsp3) is 0.636. The van der Waals surface area contributed by atoms with Gasteiger partial charge in [0.1, 0.15) is 6.04 Å². The number of nitrogens with one attached hydrogen (secondary N) is 2. The first-order valence-electron chi connectivity index (χ1n) is 10.5. The second kappa shape index (κ2) is 12.2. The SMILES string of the molecule is CNCCCCCC1CC(O)C(C(=O)N[C@@H](Cc2ccccc2)C(=O)O)CC1Cl. The maximum atomic E-state index is 12.7. The summed E-state index contributed by atoms with van der Waals surface area (Å²) in [7, 11) is 1.94. The first-order chi connectivity index (χ1) is 13.9. The van der Waals surface area contributed by atoms with Gasteiger partial charge >= 0.3 is 5.97 Å². The average Bonchev–Trinajstić information content (AvgIpc) is 2.70. The average molecular weight is 425 g/mol. The minimum atomic E-state index is -1.09. The number of amides is 1. The molecule has 0 radical (unpaired) electrons. The Bertz CT molecular complexity index is 643. The molecule has 7 heteroatoms. The fourth-order valence-electron chi connectivity index (χ4n) is 4.01. The maximum Gasteiger partial charge on any atom is 0.326 e. The van der Waals surface area contributed by atoms with Crippen LogP contribution in [0.3, 0.4) is 0 Å². The van der Waals surface area contributed by atoms with Gasteiger partial charge in [-0.2, -0.15) is 0 Å². The molecule has 6 nitrogen and oxygen atoms in total. The molecular weight excluding hydrogens is 392 g/mol. The van der Waals surface area contributed by atoms with Crippen molar-refractivity contribution in [2.75, 3.05) is 13.6 Å². The Labute approximate surface area is 178 Å². The normalized spacial score (nSPS) is 25.3. The smallest absolute Gasteiger partial charge is 0.326 e. The number of rotatable bonds is 11. The van der Waals surface area contributed by atoms with E-state index in [2.05, 4.69) is 10.6 Å². The molecule has 0 aliphatic heterocycles. The van der Waals surface area contributed by atoms with Gasteiger partial charge in [-0.3, -0.25) is 4.79 Å². The molecule has 4 unspecified atom stereocenters. The number of alkyl halides is 1. The van der Waals surface area contributed by atoms with Crippen molar-refractivity contribution in [3.8, 4) is 0 Å². The minimum Gasteiger partial charge on any atom is -0.480 e. The van der Waals surface area contributed by atoms with Gasteiger partial charge in [0.05, 0.1) is 12.0 Å². The van der Waals surface area contributed by atoms with E-state index < -0.39 is 29.9 Å². The zero-order chi connectivity index (χ0) is 21.2. The van der Waals surface area contributed by atoms with E-state index in [1.54, 1.807) is 0 Å². The number of carbonyl (C=O) groups is 2. The van der Waals surface area contributed by atoms with Gasteiger partial charge in [-0.05, 0) is 50.8 Å². The zero-order valence-electron chi connectivity index (χ0n) is 17.0. The third-order valence-electron chi connectivity index (χ3n) is 5.74. The topological polar surface area (TPSA) is 98.7 Å². The first kappa shape index (κ1) is 23.6. The molecular formula is C22H33ClN2O4. The van der Waals surface area contributed by atoms with Crippen LogP contribution in [-0.4, -0.2) is 53.2 Å². The van der Waals surface area contributed by atoms with Gasteiger partial charge in [0.15, 0.2) is 0 Å². The van der Waals surface area contributed by atoms with Crippen LogP contribution in [0.15, 0.2) is 30.3 Å². The van der Waals surface area contributed by atoms with Crippen molar-refractivity contribution in [2.24, 2.45) is 11.8 Å². The van der Waals surface area contributed by atoms with Gasteiger partial charge in [-0.1, -0.05) is 43.2 Å². The Morgan fingerprint density at radius 2 is 1.90 bits per heavy atom. The van der Waals surface area contributed by atoms with Gasteiger partial charge in [0.25, 0.3) is 0 Å². The van der Waals surface area contributed by atoms with Gasteiger partial charge in [0, 0.05) is 11.8 Å². The molecule has 1 aromatic carbocycles. The number of halogens is 1. The lowest BCUT2D eigenvalue weighted by Gasteiger charge is -2.36. The number of aliphatic hydroxyl groups is 1. The second-order valence-electron chi connectivity index (χ2n) is 7.96. The monoisotopic (exact) mass is 424 g/mol. The summed E-state index contributed by atoms with van der Waals surface area (Å²) < 4.78 is 0. The Hall–Kier alpha value is -1.63. The first-order valence-corrected chi connectivity index (χ1v) is 10.9. The molecule has 0 aromatic heterocycles. The van der Waals surface area contributed by atoms with Crippen molar-refractivity contribution in [3.63, 3.8) is 0 Å². The van der Waals surface area contributed by atoms with Crippen LogP contribution in [0.1, 0.15) is 44.1 Å². The van der Waals surface area contributed by atoms with Crippen LogP contribution >= 0.6 is 11.6 Å². The van der Waals surface area contributed by atoms with E-state index in [-0.39, 0.29) is 17.7 Å². The van der Waals surface area contributed by atoms with Crippen molar-refractivity contribution < 1.29 is 19.8 Å². The summed E-state index contributed by atoms with van der Waals surface area (Å²) >= 11 is 6.54. The van der Waals surface area contributed by atoms with Crippen LogP contribution < -0.4 is 10.6 Å². The molecule has 1 amide bonds. The number of aliphatic hydroxyl groups excluding tert-OH is 1. The van der Waals surface area contributed by atoms with Crippen LogP contribution in [0.25, 0.3) is 0 Å². The zero-order valence-corrected chi connectivity index (χ0v) is 17.8. The third-order valence-corrected chi connectivity index (χ3v) is 6.27. The van der Waals surface area contributed by atoms with Crippen LogP contribution in [-0.2, 0) is 16.0 Å². The Morgan fingerprint density at radius 1 is 1.17 bits per heavy atom. The summed E-state index contributed by atoms with van der Waals surface area (Å²) in [5.74, 6) is -2.01. The predicted molar refractivity (Wildman–Crippen MR) is 114 cm³/mol. The van der Waals surface area contributed by atoms with Crippen molar-refractivity contribution in [1.82, 2.24) is 10.6 Å². The van der Waals surface area contributed by atoms with E-state index in [1.165, 1.54) is 0 Å². The summed E-state index contributed by atoms with van der Waals surface area (Å²) in [6.45, 7) is 0.994. The predicted octanol–water partition coefficient (Wildman–Crippen LogP) is 2.57. The van der Waals surface area contributed by atoms with Gasteiger partial charge in [-0.25, -0.2) is 4.79 Å². The number of aliphatic carboxylic acids is 1. The number of carbonyl (C=O) groups excluding carboxylic acids is 1. The standard InChI is InChI=1S/C22H33ClN2O4/c1-24-11-7-3-6-10-16-13-20(26)17(14-18(16)23)21(27)25-19(22(28)29)12-15-8-4-2-5-9-15/h2,4-5,8-9,16-20,24,26H,3,6-7,10-14H2,1H3,(H,25,27)(H,28,29)/t16?,17?,18?,19-,20?/m0/s1. The van der Waals surface area contributed by atoms with E-state index in [4.69, 9.17) is 11.6 Å². The van der Waals surface area contributed by atoms with E-state index in [0.29, 0.717) is 12.8 Å². The number of benzene rings is 1. The second-order valence-corrected chi connectivity index (χ2v) is 8.52. The van der Waals surface area contributed by atoms with E-state index in [0.717, 1.165) is 37.8 Å². The quantitative estimate of drug-likeness (QED) is 0.323. The molecule has 29 heavy (non-hydrogen) atoms. The molecule has 1 aliphatic rings. The summed E-state index contributed by atoms with van der Waals surface area (Å²) in [6, 6.07) is 8.14. The molecule has 162 valence electrons. The molecule has 1 aromatic rings. The van der Waals surface area contributed by atoms with Crippen molar-refractivity contribution in [3.05, 3.63) is 35.9 Å². The minimum absolute atomic E-state index is 0.184. The van der Waals surface area contributed by atoms with E-state index in [1.807, 2.05) is 37.4 Å². The summed E-state index contributed by atoms with van der Waals surface area (Å²) in [6.07, 6.45) is 4.47.